The van der Waals surface area contributed by atoms with Crippen molar-refractivity contribution in [2.75, 3.05) is 18.4 Å². The largest absolute Gasteiger partial charge is 0.325 e. The number of halogens is 1. The second-order valence-corrected chi connectivity index (χ2v) is 8.60. The SMILES string of the molecule is CCCCCCCCCN(CCCCCCCCC)C(=O)Nc1ccc(Cl)cc1. The molecule has 0 saturated heterocycles. The number of hydrogen-bond donors (Lipinski definition) is 1. The highest BCUT2D eigenvalue weighted by molar-refractivity contribution is 6.30. The molecule has 0 fully saturated rings. The van der Waals surface area contributed by atoms with Crippen molar-refractivity contribution < 1.29 is 4.79 Å². The number of hydrogen-bond acceptors (Lipinski definition) is 1. The third-order valence-corrected chi connectivity index (χ3v) is 5.70. The molecule has 2 amide bonds. The molecule has 1 aromatic carbocycles. The van der Waals surface area contributed by atoms with Gasteiger partial charge in [0.15, 0.2) is 0 Å². The number of rotatable bonds is 17. The molecule has 0 atom stereocenters. The first-order chi connectivity index (χ1) is 14.2. The fourth-order valence-electron chi connectivity index (χ4n) is 3.57. The average Bonchev–Trinajstić information content (AvgIpc) is 2.72. The lowest BCUT2D eigenvalue weighted by Crippen LogP contribution is -2.36. The molecule has 0 aromatic heterocycles. The number of nitrogens with zero attached hydrogens (tertiary/aromatic N) is 1. The van der Waals surface area contributed by atoms with E-state index in [0.29, 0.717) is 5.02 Å². The fraction of sp³-hybridized carbons (Fsp3) is 0.720. The molecule has 0 aliphatic rings. The van der Waals surface area contributed by atoms with Crippen molar-refractivity contribution in [2.24, 2.45) is 0 Å². The number of urea groups is 1. The summed E-state index contributed by atoms with van der Waals surface area (Å²) in [6, 6.07) is 7.37. The molecular formula is C25H43ClN2O. The van der Waals surface area contributed by atoms with Crippen molar-refractivity contribution in [3.05, 3.63) is 29.3 Å². The smallest absolute Gasteiger partial charge is 0.321 e. The highest BCUT2D eigenvalue weighted by Crippen LogP contribution is 2.15. The van der Waals surface area contributed by atoms with E-state index in [1.165, 1.54) is 77.0 Å². The summed E-state index contributed by atoms with van der Waals surface area (Å²) in [7, 11) is 0. The number of anilines is 1. The Morgan fingerprint density at radius 3 is 1.59 bits per heavy atom. The van der Waals surface area contributed by atoms with Crippen LogP contribution in [0, 0.1) is 0 Å². The summed E-state index contributed by atoms with van der Waals surface area (Å²) in [6.07, 6.45) is 17.8. The van der Waals surface area contributed by atoms with Crippen LogP contribution < -0.4 is 5.32 Å². The number of unbranched alkanes of at least 4 members (excludes halogenated alkanes) is 12. The number of amides is 2. The minimum atomic E-state index is 0.0179. The van der Waals surface area contributed by atoms with Gasteiger partial charge in [0, 0.05) is 23.8 Å². The number of carbonyl (C=O) groups excluding carboxylic acids is 1. The van der Waals surface area contributed by atoms with Crippen LogP contribution in [0.2, 0.25) is 5.02 Å². The van der Waals surface area contributed by atoms with Crippen molar-refractivity contribution in [3.63, 3.8) is 0 Å². The zero-order valence-corrected chi connectivity index (χ0v) is 19.6. The number of nitrogens with one attached hydrogen (secondary N) is 1. The molecule has 0 bridgehead atoms. The molecule has 0 saturated carbocycles. The maximum absolute atomic E-state index is 12.8. The van der Waals surface area contributed by atoms with Gasteiger partial charge in [-0.3, -0.25) is 0 Å². The van der Waals surface area contributed by atoms with Crippen molar-refractivity contribution in [1.29, 1.82) is 0 Å². The zero-order chi connectivity index (χ0) is 21.2. The molecule has 0 heterocycles. The first kappa shape index (κ1) is 25.8. The van der Waals surface area contributed by atoms with Gasteiger partial charge in [0.1, 0.15) is 0 Å². The van der Waals surface area contributed by atoms with Gasteiger partial charge < -0.3 is 10.2 Å². The lowest BCUT2D eigenvalue weighted by molar-refractivity contribution is 0.209. The van der Waals surface area contributed by atoms with Gasteiger partial charge in [-0.1, -0.05) is 102 Å². The summed E-state index contributed by atoms with van der Waals surface area (Å²) >= 11 is 5.95. The van der Waals surface area contributed by atoms with Gasteiger partial charge in [0.25, 0.3) is 0 Å². The van der Waals surface area contributed by atoms with Crippen molar-refractivity contribution in [2.45, 2.75) is 104 Å². The Balaban J connectivity index is 2.38. The Morgan fingerprint density at radius 1 is 0.724 bits per heavy atom. The zero-order valence-electron chi connectivity index (χ0n) is 18.9. The van der Waals surface area contributed by atoms with E-state index in [0.717, 1.165) is 31.6 Å². The summed E-state index contributed by atoms with van der Waals surface area (Å²) in [5, 5.41) is 3.72. The molecule has 0 radical (unpaired) electrons. The Kier molecular flexibility index (Phi) is 15.7. The van der Waals surface area contributed by atoms with Crippen LogP contribution in [0.3, 0.4) is 0 Å². The summed E-state index contributed by atoms with van der Waals surface area (Å²) in [6.45, 7) is 6.20. The number of benzene rings is 1. The monoisotopic (exact) mass is 422 g/mol. The quantitative estimate of drug-likeness (QED) is 0.250. The van der Waals surface area contributed by atoms with Crippen molar-refractivity contribution in [1.82, 2.24) is 4.90 Å². The van der Waals surface area contributed by atoms with Crippen LogP contribution in [0.4, 0.5) is 10.5 Å². The maximum atomic E-state index is 12.8. The maximum Gasteiger partial charge on any atom is 0.321 e. The van der Waals surface area contributed by atoms with E-state index in [4.69, 9.17) is 11.6 Å². The van der Waals surface area contributed by atoms with Crippen LogP contribution >= 0.6 is 11.6 Å². The van der Waals surface area contributed by atoms with Crippen LogP contribution in [0.1, 0.15) is 104 Å². The van der Waals surface area contributed by atoms with Gasteiger partial charge in [0.2, 0.25) is 0 Å². The van der Waals surface area contributed by atoms with E-state index in [9.17, 15) is 4.79 Å². The second-order valence-electron chi connectivity index (χ2n) is 8.17. The molecule has 0 unspecified atom stereocenters. The van der Waals surface area contributed by atoms with E-state index in [1.807, 2.05) is 29.2 Å². The lowest BCUT2D eigenvalue weighted by atomic mass is 10.1. The van der Waals surface area contributed by atoms with Crippen LogP contribution in [0.5, 0.6) is 0 Å². The Hall–Kier alpha value is -1.22. The Labute approximate surface area is 184 Å². The van der Waals surface area contributed by atoms with Crippen LogP contribution in [0.15, 0.2) is 24.3 Å². The number of carbonyl (C=O) groups is 1. The highest BCUT2D eigenvalue weighted by Gasteiger charge is 2.13. The molecule has 166 valence electrons. The molecule has 1 N–H and O–H groups in total. The standard InChI is InChI=1S/C25H43ClN2O/c1-3-5-7-9-11-13-15-21-28(22-16-14-12-10-8-6-4-2)25(29)27-24-19-17-23(26)18-20-24/h17-20H,3-16,21-22H2,1-2H3,(H,27,29). The normalized spacial score (nSPS) is 10.9. The molecule has 1 aromatic rings. The van der Waals surface area contributed by atoms with Crippen LogP contribution in [-0.2, 0) is 0 Å². The molecule has 0 aliphatic heterocycles. The predicted octanol–water partition coefficient (Wildman–Crippen LogP) is 8.68. The van der Waals surface area contributed by atoms with Gasteiger partial charge in [-0.25, -0.2) is 4.79 Å². The van der Waals surface area contributed by atoms with Gasteiger partial charge in [-0.05, 0) is 37.1 Å². The lowest BCUT2D eigenvalue weighted by Gasteiger charge is -2.23. The van der Waals surface area contributed by atoms with E-state index in [-0.39, 0.29) is 6.03 Å². The molecule has 1 rings (SSSR count). The van der Waals surface area contributed by atoms with Gasteiger partial charge in [-0.15, -0.1) is 0 Å². The highest BCUT2D eigenvalue weighted by atomic mass is 35.5. The molecule has 0 aliphatic carbocycles. The third-order valence-electron chi connectivity index (χ3n) is 5.45. The molecule has 29 heavy (non-hydrogen) atoms. The second kappa shape index (κ2) is 17.6. The van der Waals surface area contributed by atoms with E-state index < -0.39 is 0 Å². The van der Waals surface area contributed by atoms with Crippen molar-refractivity contribution in [3.8, 4) is 0 Å². The first-order valence-electron chi connectivity index (χ1n) is 12.0. The average molecular weight is 423 g/mol. The molecular weight excluding hydrogens is 380 g/mol. The summed E-state index contributed by atoms with van der Waals surface area (Å²) < 4.78 is 0. The predicted molar refractivity (Wildman–Crippen MR) is 128 cm³/mol. The van der Waals surface area contributed by atoms with Gasteiger partial charge in [-0.2, -0.15) is 0 Å². The summed E-state index contributed by atoms with van der Waals surface area (Å²) in [5.41, 5.74) is 0.809. The summed E-state index contributed by atoms with van der Waals surface area (Å²) in [5.74, 6) is 0. The van der Waals surface area contributed by atoms with Crippen LogP contribution in [0.25, 0.3) is 0 Å². The fourth-order valence-corrected chi connectivity index (χ4v) is 3.70. The first-order valence-corrected chi connectivity index (χ1v) is 12.4. The Bertz CT molecular complexity index is 500. The van der Waals surface area contributed by atoms with Crippen molar-refractivity contribution >= 4 is 23.3 Å². The van der Waals surface area contributed by atoms with E-state index in [1.54, 1.807) is 0 Å². The molecule has 0 spiro atoms. The van der Waals surface area contributed by atoms with Crippen LogP contribution in [-0.4, -0.2) is 24.0 Å². The minimum absolute atomic E-state index is 0.0179. The Morgan fingerprint density at radius 2 is 1.14 bits per heavy atom. The third kappa shape index (κ3) is 13.6. The minimum Gasteiger partial charge on any atom is -0.325 e. The summed E-state index contributed by atoms with van der Waals surface area (Å²) in [4.78, 5) is 14.8. The topological polar surface area (TPSA) is 32.3 Å². The molecule has 3 nitrogen and oxygen atoms in total. The van der Waals surface area contributed by atoms with E-state index in [2.05, 4.69) is 19.2 Å². The van der Waals surface area contributed by atoms with Gasteiger partial charge in [0.05, 0.1) is 0 Å². The molecule has 4 heteroatoms. The van der Waals surface area contributed by atoms with Gasteiger partial charge >= 0.3 is 6.03 Å². The van der Waals surface area contributed by atoms with E-state index >= 15 is 0 Å².